The van der Waals surface area contributed by atoms with E-state index in [2.05, 4.69) is 31.3 Å². The van der Waals surface area contributed by atoms with Crippen molar-refractivity contribution < 1.29 is 9.90 Å². The molecular weight excluding hydrogens is 238 g/mol. The summed E-state index contributed by atoms with van der Waals surface area (Å²) in [5.74, 6) is 0.658. The molecule has 1 rings (SSSR count). The summed E-state index contributed by atoms with van der Waals surface area (Å²) >= 11 is 0. The summed E-state index contributed by atoms with van der Waals surface area (Å²) in [6.07, 6.45) is 2.07. The second-order valence-corrected chi connectivity index (χ2v) is 5.57. The van der Waals surface area contributed by atoms with Crippen LogP contribution in [0.4, 0.5) is 0 Å². The number of hydrogen-bond donors (Lipinski definition) is 2. The molecule has 0 saturated carbocycles. The molecule has 1 aromatic carbocycles. The van der Waals surface area contributed by atoms with Crippen LogP contribution in [0.3, 0.4) is 0 Å². The molecule has 0 aliphatic carbocycles. The zero-order valence-electron chi connectivity index (χ0n) is 12.1. The molecule has 0 spiro atoms. The molecule has 0 heterocycles. The minimum Gasteiger partial charge on any atom is -0.396 e. The highest BCUT2D eigenvalue weighted by Gasteiger charge is 2.07. The van der Waals surface area contributed by atoms with Gasteiger partial charge in [-0.25, -0.2) is 0 Å². The SMILES string of the molecule is CC(C)Cc1ccc(CC(=O)NC(C)CCO)cc1. The van der Waals surface area contributed by atoms with Crippen LogP contribution < -0.4 is 5.32 Å². The van der Waals surface area contributed by atoms with Crippen LogP contribution in [0.25, 0.3) is 0 Å². The van der Waals surface area contributed by atoms with Crippen molar-refractivity contribution in [3.05, 3.63) is 35.4 Å². The fourth-order valence-corrected chi connectivity index (χ4v) is 2.04. The van der Waals surface area contributed by atoms with E-state index in [9.17, 15) is 4.79 Å². The first-order valence-electron chi connectivity index (χ1n) is 6.99. The molecule has 0 aliphatic heterocycles. The van der Waals surface area contributed by atoms with Crippen molar-refractivity contribution in [3.63, 3.8) is 0 Å². The number of nitrogens with one attached hydrogen (secondary N) is 1. The quantitative estimate of drug-likeness (QED) is 0.793. The van der Waals surface area contributed by atoms with Crippen LogP contribution in [0.2, 0.25) is 0 Å². The first kappa shape index (κ1) is 15.7. The third-order valence-corrected chi connectivity index (χ3v) is 3.00. The zero-order valence-corrected chi connectivity index (χ0v) is 12.1. The molecule has 0 aliphatic rings. The predicted molar refractivity (Wildman–Crippen MR) is 78.0 cm³/mol. The zero-order chi connectivity index (χ0) is 14.3. The number of aliphatic hydroxyl groups is 1. The van der Waals surface area contributed by atoms with Crippen molar-refractivity contribution in [2.75, 3.05) is 6.61 Å². The topological polar surface area (TPSA) is 49.3 Å². The molecule has 1 amide bonds. The normalized spacial score (nSPS) is 12.5. The molecule has 0 fully saturated rings. The van der Waals surface area contributed by atoms with E-state index in [0.29, 0.717) is 18.8 Å². The van der Waals surface area contributed by atoms with E-state index in [4.69, 9.17) is 5.11 Å². The smallest absolute Gasteiger partial charge is 0.224 e. The first-order chi connectivity index (χ1) is 9.01. The van der Waals surface area contributed by atoms with Gasteiger partial charge in [0.1, 0.15) is 0 Å². The molecule has 2 N–H and O–H groups in total. The molecule has 19 heavy (non-hydrogen) atoms. The van der Waals surface area contributed by atoms with E-state index in [0.717, 1.165) is 12.0 Å². The Morgan fingerprint density at radius 1 is 1.16 bits per heavy atom. The summed E-state index contributed by atoms with van der Waals surface area (Å²) in [7, 11) is 0. The van der Waals surface area contributed by atoms with E-state index < -0.39 is 0 Å². The van der Waals surface area contributed by atoms with Gasteiger partial charge < -0.3 is 10.4 Å². The lowest BCUT2D eigenvalue weighted by Crippen LogP contribution is -2.34. The molecule has 0 aromatic heterocycles. The molecule has 0 saturated heterocycles. The lowest BCUT2D eigenvalue weighted by Gasteiger charge is -2.12. The van der Waals surface area contributed by atoms with Crippen molar-refractivity contribution in [2.24, 2.45) is 5.92 Å². The Morgan fingerprint density at radius 3 is 2.26 bits per heavy atom. The van der Waals surface area contributed by atoms with E-state index in [1.54, 1.807) is 0 Å². The van der Waals surface area contributed by atoms with Crippen LogP contribution in [0, 0.1) is 5.92 Å². The monoisotopic (exact) mass is 263 g/mol. The Morgan fingerprint density at radius 2 is 1.74 bits per heavy atom. The largest absolute Gasteiger partial charge is 0.396 e. The molecule has 106 valence electrons. The highest BCUT2D eigenvalue weighted by atomic mass is 16.3. The Bertz CT molecular complexity index is 384. The average molecular weight is 263 g/mol. The minimum absolute atomic E-state index is 0.0116. The standard InChI is InChI=1S/C16H25NO2/c1-12(2)10-14-4-6-15(7-5-14)11-16(19)17-13(3)8-9-18/h4-7,12-13,18H,8-11H2,1-3H3,(H,17,19). The van der Waals surface area contributed by atoms with Gasteiger partial charge in [0.05, 0.1) is 6.42 Å². The first-order valence-corrected chi connectivity index (χ1v) is 6.99. The molecule has 0 bridgehead atoms. The van der Waals surface area contributed by atoms with Gasteiger partial charge in [-0.3, -0.25) is 4.79 Å². The second-order valence-electron chi connectivity index (χ2n) is 5.57. The fraction of sp³-hybridized carbons (Fsp3) is 0.562. The summed E-state index contributed by atoms with van der Waals surface area (Å²) in [5, 5.41) is 11.7. The van der Waals surface area contributed by atoms with Crippen LogP contribution in [0.1, 0.15) is 38.3 Å². The van der Waals surface area contributed by atoms with Crippen LogP contribution in [-0.4, -0.2) is 23.7 Å². The Balaban J connectivity index is 2.46. The van der Waals surface area contributed by atoms with Gasteiger partial charge in [0.15, 0.2) is 0 Å². The molecule has 3 heteroatoms. The number of carbonyl (C=O) groups is 1. The van der Waals surface area contributed by atoms with E-state index in [1.807, 2.05) is 19.1 Å². The summed E-state index contributed by atoms with van der Waals surface area (Å²) in [4.78, 5) is 11.8. The van der Waals surface area contributed by atoms with Gasteiger partial charge in [0.2, 0.25) is 5.91 Å². The number of benzene rings is 1. The van der Waals surface area contributed by atoms with Crippen LogP contribution >= 0.6 is 0 Å². The summed E-state index contributed by atoms with van der Waals surface area (Å²) in [5.41, 5.74) is 2.34. The average Bonchev–Trinajstić information content (AvgIpc) is 2.31. The Labute approximate surface area is 116 Å². The number of rotatable bonds is 7. The Kier molecular flexibility index (Phi) is 6.57. The number of amides is 1. The van der Waals surface area contributed by atoms with Gasteiger partial charge in [-0.15, -0.1) is 0 Å². The molecule has 1 aromatic rings. The summed E-state index contributed by atoms with van der Waals surface area (Å²) in [6, 6.07) is 8.26. The van der Waals surface area contributed by atoms with Crippen LogP contribution in [0.5, 0.6) is 0 Å². The second kappa shape index (κ2) is 7.95. The van der Waals surface area contributed by atoms with Gasteiger partial charge in [0.25, 0.3) is 0 Å². The molecule has 1 atom stereocenters. The van der Waals surface area contributed by atoms with Gasteiger partial charge in [-0.1, -0.05) is 38.1 Å². The third-order valence-electron chi connectivity index (χ3n) is 3.00. The third kappa shape index (κ3) is 6.39. The highest BCUT2D eigenvalue weighted by Crippen LogP contribution is 2.10. The minimum atomic E-state index is 0.0116. The maximum Gasteiger partial charge on any atom is 0.224 e. The summed E-state index contributed by atoms with van der Waals surface area (Å²) in [6.45, 7) is 6.40. The highest BCUT2D eigenvalue weighted by molar-refractivity contribution is 5.78. The van der Waals surface area contributed by atoms with Crippen molar-refractivity contribution in [1.82, 2.24) is 5.32 Å². The number of aliphatic hydroxyl groups excluding tert-OH is 1. The van der Waals surface area contributed by atoms with Gasteiger partial charge in [0, 0.05) is 12.6 Å². The number of carbonyl (C=O) groups excluding carboxylic acids is 1. The molecular formula is C16H25NO2. The van der Waals surface area contributed by atoms with E-state index in [-0.39, 0.29) is 18.6 Å². The van der Waals surface area contributed by atoms with Crippen molar-refractivity contribution in [3.8, 4) is 0 Å². The maximum absolute atomic E-state index is 11.8. The maximum atomic E-state index is 11.8. The lowest BCUT2D eigenvalue weighted by atomic mass is 10.0. The van der Waals surface area contributed by atoms with Gasteiger partial charge in [-0.05, 0) is 36.8 Å². The lowest BCUT2D eigenvalue weighted by molar-refractivity contribution is -0.121. The number of hydrogen-bond acceptors (Lipinski definition) is 2. The molecule has 3 nitrogen and oxygen atoms in total. The Hall–Kier alpha value is -1.35. The van der Waals surface area contributed by atoms with Crippen LogP contribution in [0.15, 0.2) is 24.3 Å². The summed E-state index contributed by atoms with van der Waals surface area (Å²) < 4.78 is 0. The van der Waals surface area contributed by atoms with Gasteiger partial charge >= 0.3 is 0 Å². The van der Waals surface area contributed by atoms with Gasteiger partial charge in [-0.2, -0.15) is 0 Å². The van der Waals surface area contributed by atoms with E-state index >= 15 is 0 Å². The molecule has 1 unspecified atom stereocenters. The van der Waals surface area contributed by atoms with Crippen molar-refractivity contribution in [1.29, 1.82) is 0 Å². The predicted octanol–water partition coefficient (Wildman–Crippen LogP) is 2.31. The van der Waals surface area contributed by atoms with Crippen molar-refractivity contribution in [2.45, 2.75) is 46.1 Å². The fourth-order valence-electron chi connectivity index (χ4n) is 2.04. The molecule has 0 radical (unpaired) electrons. The van der Waals surface area contributed by atoms with E-state index in [1.165, 1.54) is 5.56 Å². The van der Waals surface area contributed by atoms with Crippen LogP contribution in [-0.2, 0) is 17.6 Å². The van der Waals surface area contributed by atoms with Crippen molar-refractivity contribution >= 4 is 5.91 Å².